The lowest BCUT2D eigenvalue weighted by atomic mass is 9.99. The van der Waals surface area contributed by atoms with E-state index in [2.05, 4.69) is 10.6 Å². The summed E-state index contributed by atoms with van der Waals surface area (Å²) >= 11 is 0. The minimum atomic E-state index is -3.71. The molecule has 1 aliphatic heterocycles. The summed E-state index contributed by atoms with van der Waals surface area (Å²) in [6.07, 6.45) is 1.88. The third-order valence-electron chi connectivity index (χ3n) is 3.36. The van der Waals surface area contributed by atoms with Gasteiger partial charge in [-0.15, -0.1) is 12.4 Å². The van der Waals surface area contributed by atoms with Gasteiger partial charge in [0.15, 0.2) is 0 Å². The molecule has 21 heavy (non-hydrogen) atoms. The number of carbonyl (C=O) groups is 1. The third-order valence-corrected chi connectivity index (χ3v) is 4.27. The Morgan fingerprint density at radius 1 is 1.43 bits per heavy atom. The zero-order valence-corrected chi connectivity index (χ0v) is 13.2. The Morgan fingerprint density at radius 3 is 2.81 bits per heavy atom. The van der Waals surface area contributed by atoms with Crippen LogP contribution in [0, 0.1) is 5.92 Å². The fraction of sp³-hybridized carbons (Fsp3) is 0.462. The molecule has 4 N–H and O–H groups in total. The first-order valence-electron chi connectivity index (χ1n) is 6.57. The van der Waals surface area contributed by atoms with Crippen molar-refractivity contribution in [1.82, 2.24) is 10.6 Å². The fourth-order valence-electron chi connectivity index (χ4n) is 2.24. The quantitative estimate of drug-likeness (QED) is 0.741. The Balaban J connectivity index is 0.00000220. The molecule has 1 aliphatic rings. The average Bonchev–Trinajstić information content (AvgIpc) is 2.45. The summed E-state index contributed by atoms with van der Waals surface area (Å²) in [4.78, 5) is 12.0. The highest BCUT2D eigenvalue weighted by Crippen LogP contribution is 2.12. The first kappa shape index (κ1) is 17.9. The van der Waals surface area contributed by atoms with Crippen LogP contribution in [0.3, 0.4) is 0 Å². The Labute approximate surface area is 130 Å². The lowest BCUT2D eigenvalue weighted by Gasteiger charge is -2.21. The van der Waals surface area contributed by atoms with Crippen LogP contribution in [0.1, 0.15) is 18.4 Å². The Hall–Kier alpha value is -1.15. The van der Waals surface area contributed by atoms with Gasteiger partial charge >= 0.3 is 0 Å². The predicted molar refractivity (Wildman–Crippen MR) is 82.5 cm³/mol. The number of piperidine rings is 1. The molecule has 1 heterocycles. The van der Waals surface area contributed by atoms with Crippen molar-refractivity contribution >= 4 is 28.3 Å². The van der Waals surface area contributed by atoms with Gasteiger partial charge in [0.1, 0.15) is 0 Å². The van der Waals surface area contributed by atoms with Crippen LogP contribution in [0.2, 0.25) is 0 Å². The second-order valence-corrected chi connectivity index (χ2v) is 6.51. The van der Waals surface area contributed by atoms with E-state index in [4.69, 9.17) is 5.14 Å². The first-order chi connectivity index (χ1) is 9.47. The van der Waals surface area contributed by atoms with E-state index in [1.54, 1.807) is 12.1 Å². The Morgan fingerprint density at radius 2 is 2.19 bits per heavy atom. The minimum absolute atomic E-state index is 0. The maximum absolute atomic E-state index is 12.0. The van der Waals surface area contributed by atoms with Crippen molar-refractivity contribution < 1.29 is 13.2 Å². The highest BCUT2D eigenvalue weighted by Gasteiger charge is 2.20. The summed E-state index contributed by atoms with van der Waals surface area (Å²) in [6, 6.07) is 6.29. The number of nitrogens with one attached hydrogen (secondary N) is 2. The summed E-state index contributed by atoms with van der Waals surface area (Å²) in [5.41, 5.74) is 0.716. The minimum Gasteiger partial charge on any atom is -0.352 e. The zero-order chi connectivity index (χ0) is 14.6. The van der Waals surface area contributed by atoms with Crippen LogP contribution in [0.4, 0.5) is 0 Å². The van der Waals surface area contributed by atoms with Gasteiger partial charge in [0.05, 0.1) is 10.8 Å². The second kappa shape index (κ2) is 7.74. The number of halogens is 1. The van der Waals surface area contributed by atoms with Crippen LogP contribution >= 0.6 is 12.4 Å². The molecule has 1 atom stereocenters. The summed E-state index contributed by atoms with van der Waals surface area (Å²) in [5.74, 6) is -0.0108. The largest absolute Gasteiger partial charge is 0.352 e. The molecule has 1 saturated heterocycles. The van der Waals surface area contributed by atoms with Crippen molar-refractivity contribution in [1.29, 1.82) is 0 Å². The molecule has 0 radical (unpaired) electrons. The van der Waals surface area contributed by atoms with E-state index < -0.39 is 10.0 Å². The van der Waals surface area contributed by atoms with E-state index >= 15 is 0 Å². The second-order valence-electron chi connectivity index (χ2n) is 4.95. The first-order valence-corrected chi connectivity index (χ1v) is 8.11. The smallest absolute Gasteiger partial charge is 0.238 e. The monoisotopic (exact) mass is 333 g/mol. The fourth-order valence-corrected chi connectivity index (χ4v) is 2.83. The number of rotatable bonds is 4. The van der Waals surface area contributed by atoms with E-state index in [0.717, 1.165) is 19.4 Å². The van der Waals surface area contributed by atoms with Gasteiger partial charge < -0.3 is 10.6 Å². The van der Waals surface area contributed by atoms with Crippen LogP contribution in [-0.4, -0.2) is 27.4 Å². The summed E-state index contributed by atoms with van der Waals surface area (Å²) in [7, 11) is -3.71. The molecule has 0 saturated carbocycles. The van der Waals surface area contributed by atoms with Crippen LogP contribution in [0.5, 0.6) is 0 Å². The SMILES string of the molecule is Cl.NS(=O)(=O)c1cccc(CNC(=O)C2CCCNC2)c1. The van der Waals surface area contributed by atoms with Crippen molar-refractivity contribution in [3.8, 4) is 0 Å². The third kappa shape index (κ3) is 5.28. The number of nitrogens with two attached hydrogens (primary N) is 1. The molecule has 1 aromatic carbocycles. The van der Waals surface area contributed by atoms with E-state index in [0.29, 0.717) is 18.7 Å². The number of carbonyl (C=O) groups excluding carboxylic acids is 1. The van der Waals surface area contributed by atoms with E-state index in [1.165, 1.54) is 12.1 Å². The highest BCUT2D eigenvalue weighted by atomic mass is 35.5. The van der Waals surface area contributed by atoms with E-state index in [9.17, 15) is 13.2 Å². The molecule has 1 amide bonds. The van der Waals surface area contributed by atoms with E-state index in [-0.39, 0.29) is 29.1 Å². The van der Waals surface area contributed by atoms with Crippen molar-refractivity contribution in [2.24, 2.45) is 11.1 Å². The van der Waals surface area contributed by atoms with Crippen molar-refractivity contribution in [3.63, 3.8) is 0 Å². The van der Waals surface area contributed by atoms with Gasteiger partial charge in [-0.1, -0.05) is 12.1 Å². The maximum atomic E-state index is 12.0. The summed E-state index contributed by atoms with van der Waals surface area (Å²) in [5, 5.41) is 11.1. The van der Waals surface area contributed by atoms with Crippen LogP contribution in [0.15, 0.2) is 29.2 Å². The van der Waals surface area contributed by atoms with Gasteiger partial charge in [0, 0.05) is 13.1 Å². The average molecular weight is 334 g/mol. The van der Waals surface area contributed by atoms with Crippen LogP contribution in [-0.2, 0) is 21.4 Å². The number of hydrogen-bond acceptors (Lipinski definition) is 4. The van der Waals surface area contributed by atoms with Gasteiger partial charge in [-0.05, 0) is 37.1 Å². The molecule has 118 valence electrons. The molecule has 1 fully saturated rings. The Bertz CT molecular complexity index is 586. The lowest BCUT2D eigenvalue weighted by Crippen LogP contribution is -2.40. The molecule has 1 aromatic rings. The molecular weight excluding hydrogens is 314 g/mol. The Kier molecular flexibility index (Phi) is 6.60. The molecule has 1 unspecified atom stereocenters. The summed E-state index contributed by atoms with van der Waals surface area (Å²) in [6.45, 7) is 1.96. The molecular formula is C13H20ClN3O3S. The summed E-state index contributed by atoms with van der Waals surface area (Å²) < 4.78 is 22.5. The predicted octanol–water partition coefficient (Wildman–Crippen LogP) is 0.372. The number of sulfonamides is 1. The zero-order valence-electron chi connectivity index (χ0n) is 11.5. The molecule has 0 aliphatic carbocycles. The standard InChI is InChI=1S/C13H19N3O3S.ClH/c14-20(18,19)12-5-1-3-10(7-12)8-16-13(17)11-4-2-6-15-9-11;/h1,3,5,7,11,15H,2,4,6,8-9H2,(H,16,17)(H2,14,18,19);1H. The van der Waals surface area contributed by atoms with Gasteiger partial charge in [-0.25, -0.2) is 13.6 Å². The number of benzene rings is 1. The highest BCUT2D eigenvalue weighted by molar-refractivity contribution is 7.89. The molecule has 0 spiro atoms. The maximum Gasteiger partial charge on any atom is 0.238 e. The van der Waals surface area contributed by atoms with Gasteiger partial charge in [0.2, 0.25) is 15.9 Å². The molecule has 8 heteroatoms. The van der Waals surface area contributed by atoms with Gasteiger partial charge in [-0.3, -0.25) is 4.79 Å². The number of amides is 1. The molecule has 0 aromatic heterocycles. The normalized spacial score (nSPS) is 18.6. The van der Waals surface area contributed by atoms with Gasteiger partial charge in [0.25, 0.3) is 0 Å². The molecule has 6 nitrogen and oxygen atoms in total. The van der Waals surface area contributed by atoms with Gasteiger partial charge in [-0.2, -0.15) is 0 Å². The number of hydrogen-bond donors (Lipinski definition) is 3. The van der Waals surface area contributed by atoms with E-state index in [1.807, 2.05) is 0 Å². The topological polar surface area (TPSA) is 101 Å². The van der Waals surface area contributed by atoms with Crippen LogP contribution < -0.4 is 15.8 Å². The number of primary sulfonamides is 1. The van der Waals surface area contributed by atoms with Crippen molar-refractivity contribution in [2.45, 2.75) is 24.3 Å². The molecule has 2 rings (SSSR count). The molecule has 0 bridgehead atoms. The van der Waals surface area contributed by atoms with Crippen molar-refractivity contribution in [2.75, 3.05) is 13.1 Å². The lowest BCUT2D eigenvalue weighted by molar-refractivity contribution is -0.125. The van der Waals surface area contributed by atoms with Crippen LogP contribution in [0.25, 0.3) is 0 Å². The van der Waals surface area contributed by atoms with Crippen molar-refractivity contribution in [3.05, 3.63) is 29.8 Å².